The van der Waals surface area contributed by atoms with Gasteiger partial charge in [0.2, 0.25) is 0 Å². The first kappa shape index (κ1) is 18.2. The molecule has 2 rings (SSSR count). The van der Waals surface area contributed by atoms with Crippen LogP contribution in [0.5, 0.6) is 0 Å². The molecule has 0 spiro atoms. The Kier molecular flexibility index (Phi) is 6.18. The number of allylic oxidation sites excluding steroid dienone is 5. The number of carbonyl (C=O) groups excluding carboxylic acids is 2. The van der Waals surface area contributed by atoms with Crippen LogP contribution >= 0.6 is 0 Å². The van der Waals surface area contributed by atoms with Gasteiger partial charge in [-0.2, -0.15) is 0 Å². The summed E-state index contributed by atoms with van der Waals surface area (Å²) < 4.78 is 5.46. The number of amides is 1. The lowest BCUT2D eigenvalue weighted by Gasteiger charge is -2.10. The minimum absolute atomic E-state index is 0.0630. The number of hydrogen-bond donors (Lipinski definition) is 1. The summed E-state index contributed by atoms with van der Waals surface area (Å²) in [4.78, 5) is 24.1. The molecule has 2 aliphatic carbocycles. The number of hydrogen-bond acceptors (Lipinski definition) is 3. The molecule has 0 bridgehead atoms. The van der Waals surface area contributed by atoms with Crippen molar-refractivity contribution < 1.29 is 14.3 Å². The first-order valence-electron chi connectivity index (χ1n) is 8.63. The maximum absolute atomic E-state index is 12.3. The summed E-state index contributed by atoms with van der Waals surface area (Å²) in [7, 11) is 0. The van der Waals surface area contributed by atoms with Crippen molar-refractivity contribution >= 4 is 11.7 Å². The van der Waals surface area contributed by atoms with Gasteiger partial charge in [-0.15, -0.1) is 0 Å². The van der Waals surface area contributed by atoms with Gasteiger partial charge < -0.3 is 10.1 Å². The molecule has 0 aliphatic heterocycles. The Morgan fingerprint density at radius 3 is 2.62 bits per heavy atom. The van der Waals surface area contributed by atoms with Crippen LogP contribution in [0, 0.1) is 5.92 Å². The summed E-state index contributed by atoms with van der Waals surface area (Å²) in [5.74, 6) is 0.566. The van der Waals surface area contributed by atoms with Gasteiger partial charge in [0, 0.05) is 23.3 Å². The highest BCUT2D eigenvalue weighted by Crippen LogP contribution is 2.29. The van der Waals surface area contributed by atoms with Crippen molar-refractivity contribution in [2.75, 3.05) is 6.61 Å². The number of ketones is 1. The third-order valence-electron chi connectivity index (χ3n) is 4.39. The molecular formula is C20H27NO3. The van der Waals surface area contributed by atoms with Crippen LogP contribution in [0.15, 0.2) is 46.4 Å². The van der Waals surface area contributed by atoms with Crippen molar-refractivity contribution in [3.8, 4) is 0 Å². The Morgan fingerprint density at radius 2 is 2.04 bits per heavy atom. The van der Waals surface area contributed by atoms with E-state index in [1.807, 2.05) is 26.0 Å². The Bertz CT molecular complexity index is 646. The average Bonchev–Trinajstić information content (AvgIpc) is 3.36. The van der Waals surface area contributed by atoms with Crippen molar-refractivity contribution in [1.29, 1.82) is 0 Å². The lowest BCUT2D eigenvalue weighted by Crippen LogP contribution is -2.24. The molecule has 24 heavy (non-hydrogen) atoms. The summed E-state index contributed by atoms with van der Waals surface area (Å²) in [6.45, 7) is 8.02. The van der Waals surface area contributed by atoms with Crippen LogP contribution in [-0.4, -0.2) is 18.3 Å². The Hall–Kier alpha value is -2.10. The number of Topliss-reactive ketones (excluding diaryl/α,β-unsaturated/α-hetero) is 1. The molecule has 0 aromatic carbocycles. The largest absolute Gasteiger partial charge is 0.500 e. The van der Waals surface area contributed by atoms with Crippen LogP contribution in [0.4, 0.5) is 0 Å². The predicted octanol–water partition coefficient (Wildman–Crippen LogP) is 3.96. The smallest absolute Gasteiger partial charge is 0.254 e. The Balaban J connectivity index is 2.05. The molecule has 1 fully saturated rings. The topological polar surface area (TPSA) is 55.4 Å². The third-order valence-corrected chi connectivity index (χ3v) is 4.39. The van der Waals surface area contributed by atoms with E-state index in [0.29, 0.717) is 24.5 Å². The van der Waals surface area contributed by atoms with Gasteiger partial charge in [0.05, 0.1) is 12.9 Å². The summed E-state index contributed by atoms with van der Waals surface area (Å²) in [5, 5.41) is 2.96. The van der Waals surface area contributed by atoms with E-state index in [2.05, 4.69) is 5.32 Å². The van der Waals surface area contributed by atoms with Gasteiger partial charge in [0.15, 0.2) is 5.78 Å². The highest BCUT2D eigenvalue weighted by atomic mass is 16.5. The van der Waals surface area contributed by atoms with Gasteiger partial charge in [-0.05, 0) is 57.1 Å². The molecular weight excluding hydrogens is 302 g/mol. The Morgan fingerprint density at radius 1 is 1.33 bits per heavy atom. The van der Waals surface area contributed by atoms with E-state index in [1.165, 1.54) is 12.8 Å². The normalized spacial score (nSPS) is 18.6. The quantitative estimate of drug-likeness (QED) is 0.568. The molecule has 0 aromatic rings. The van der Waals surface area contributed by atoms with E-state index >= 15 is 0 Å². The molecule has 0 heterocycles. The third kappa shape index (κ3) is 4.95. The highest BCUT2D eigenvalue weighted by molar-refractivity contribution is 5.98. The van der Waals surface area contributed by atoms with Crippen LogP contribution in [-0.2, 0) is 14.3 Å². The molecule has 0 atom stereocenters. The highest BCUT2D eigenvalue weighted by Gasteiger charge is 2.21. The number of rotatable bonds is 7. The van der Waals surface area contributed by atoms with E-state index in [4.69, 9.17) is 4.74 Å². The van der Waals surface area contributed by atoms with Gasteiger partial charge in [-0.3, -0.25) is 9.59 Å². The fourth-order valence-corrected chi connectivity index (χ4v) is 2.62. The second-order valence-electron chi connectivity index (χ2n) is 6.59. The minimum Gasteiger partial charge on any atom is -0.500 e. The van der Waals surface area contributed by atoms with Crippen LogP contribution in [0.25, 0.3) is 0 Å². The zero-order valence-corrected chi connectivity index (χ0v) is 15.1. The van der Waals surface area contributed by atoms with Crippen LogP contribution in [0.3, 0.4) is 0 Å². The molecule has 2 aliphatic rings. The van der Waals surface area contributed by atoms with E-state index in [1.54, 1.807) is 20.1 Å². The number of nitrogens with one attached hydrogen (secondary N) is 1. The van der Waals surface area contributed by atoms with Gasteiger partial charge in [0.25, 0.3) is 5.91 Å². The standard InChI is InChI=1S/C20H27NO3/c1-5-17-10-13(2)19(9-8-18(17)15(4)22)21-20(23)14(3)11-24-12-16-6-7-16/h8,10-11,16H,5-7,9,12H2,1-4H3,(H,21,23)/b14-11+. The molecule has 4 nitrogen and oxygen atoms in total. The first-order valence-corrected chi connectivity index (χ1v) is 8.63. The van der Waals surface area contributed by atoms with E-state index in [9.17, 15) is 9.59 Å². The Labute approximate surface area is 144 Å². The number of carbonyl (C=O) groups is 2. The molecule has 1 saturated carbocycles. The maximum Gasteiger partial charge on any atom is 0.254 e. The summed E-state index contributed by atoms with van der Waals surface area (Å²) >= 11 is 0. The van der Waals surface area contributed by atoms with E-state index in [0.717, 1.165) is 28.8 Å². The van der Waals surface area contributed by atoms with Gasteiger partial charge >= 0.3 is 0 Å². The fourth-order valence-electron chi connectivity index (χ4n) is 2.62. The van der Waals surface area contributed by atoms with Crippen molar-refractivity contribution in [3.63, 3.8) is 0 Å². The zero-order chi connectivity index (χ0) is 17.7. The molecule has 0 aromatic heterocycles. The van der Waals surface area contributed by atoms with Crippen molar-refractivity contribution in [3.05, 3.63) is 46.4 Å². The summed E-state index contributed by atoms with van der Waals surface area (Å²) in [5.41, 5.74) is 4.14. The summed E-state index contributed by atoms with van der Waals surface area (Å²) in [6, 6.07) is 0. The molecule has 0 radical (unpaired) electrons. The monoisotopic (exact) mass is 329 g/mol. The molecule has 4 heteroatoms. The van der Waals surface area contributed by atoms with Gasteiger partial charge in [-0.1, -0.05) is 19.1 Å². The molecule has 1 amide bonds. The lowest BCUT2D eigenvalue weighted by molar-refractivity contribution is -0.117. The molecule has 0 unspecified atom stereocenters. The summed E-state index contributed by atoms with van der Waals surface area (Å²) in [6.07, 6.45) is 9.24. The maximum atomic E-state index is 12.3. The van der Waals surface area contributed by atoms with Gasteiger partial charge in [-0.25, -0.2) is 0 Å². The van der Waals surface area contributed by atoms with E-state index < -0.39 is 0 Å². The van der Waals surface area contributed by atoms with Gasteiger partial charge in [0.1, 0.15) is 0 Å². The first-order chi connectivity index (χ1) is 11.4. The zero-order valence-electron chi connectivity index (χ0n) is 15.1. The molecule has 0 saturated heterocycles. The van der Waals surface area contributed by atoms with Crippen LogP contribution in [0.1, 0.15) is 53.4 Å². The SMILES string of the molecule is CCC1=CC(C)=C(NC(=O)/C(C)=C/OCC2CC2)CC=C1C(C)=O. The average molecular weight is 329 g/mol. The van der Waals surface area contributed by atoms with Crippen LogP contribution < -0.4 is 5.32 Å². The van der Waals surface area contributed by atoms with Crippen LogP contribution in [0.2, 0.25) is 0 Å². The van der Waals surface area contributed by atoms with Crippen molar-refractivity contribution in [2.24, 2.45) is 5.92 Å². The second kappa shape index (κ2) is 8.13. The molecule has 130 valence electrons. The molecule has 1 N–H and O–H groups in total. The predicted molar refractivity (Wildman–Crippen MR) is 95.0 cm³/mol. The van der Waals surface area contributed by atoms with Crippen molar-refractivity contribution in [2.45, 2.75) is 53.4 Å². The lowest BCUT2D eigenvalue weighted by atomic mass is 9.99. The minimum atomic E-state index is -0.161. The second-order valence-corrected chi connectivity index (χ2v) is 6.59. The van der Waals surface area contributed by atoms with E-state index in [-0.39, 0.29) is 11.7 Å². The van der Waals surface area contributed by atoms with Crippen molar-refractivity contribution in [1.82, 2.24) is 5.32 Å². The number of ether oxygens (including phenoxy) is 1. The fraction of sp³-hybridized carbons (Fsp3) is 0.500.